The van der Waals surface area contributed by atoms with Gasteiger partial charge >= 0.3 is 0 Å². The van der Waals surface area contributed by atoms with Crippen molar-refractivity contribution in [2.75, 3.05) is 5.73 Å². The summed E-state index contributed by atoms with van der Waals surface area (Å²) in [5.74, 6) is -0.171. The van der Waals surface area contributed by atoms with Gasteiger partial charge in [0.25, 0.3) is 5.69 Å². The summed E-state index contributed by atoms with van der Waals surface area (Å²) < 4.78 is 0. The van der Waals surface area contributed by atoms with Crippen molar-refractivity contribution < 1.29 is 9.72 Å². The van der Waals surface area contributed by atoms with Gasteiger partial charge in [-0.1, -0.05) is 0 Å². The molecule has 0 saturated heterocycles. The quantitative estimate of drug-likeness (QED) is 0.430. The Bertz CT molecular complexity index is 454. The second kappa shape index (κ2) is 3.34. The fraction of sp³-hybridized carbons (Fsp3) is 0.300. The lowest BCUT2D eigenvalue weighted by molar-refractivity contribution is -0.385. The van der Waals surface area contributed by atoms with Crippen molar-refractivity contribution in [2.45, 2.75) is 19.3 Å². The largest absolute Gasteiger partial charge is 0.398 e. The van der Waals surface area contributed by atoms with E-state index >= 15 is 0 Å². The average molecular weight is 206 g/mol. The molecule has 0 radical (unpaired) electrons. The first-order valence-electron chi connectivity index (χ1n) is 4.70. The van der Waals surface area contributed by atoms with Crippen LogP contribution in [0.4, 0.5) is 11.4 Å². The molecule has 2 rings (SSSR count). The second-order valence-electron chi connectivity index (χ2n) is 3.56. The molecule has 78 valence electrons. The van der Waals surface area contributed by atoms with Gasteiger partial charge < -0.3 is 5.73 Å². The zero-order valence-corrected chi connectivity index (χ0v) is 8.03. The molecule has 5 nitrogen and oxygen atoms in total. The lowest BCUT2D eigenvalue weighted by Gasteiger charge is -2.16. The van der Waals surface area contributed by atoms with Crippen LogP contribution in [0.25, 0.3) is 0 Å². The summed E-state index contributed by atoms with van der Waals surface area (Å²) in [6, 6.07) is 2.80. The minimum atomic E-state index is -0.526. The van der Waals surface area contributed by atoms with Crippen molar-refractivity contribution in [3.63, 3.8) is 0 Å². The number of benzene rings is 1. The van der Waals surface area contributed by atoms with Gasteiger partial charge in [-0.2, -0.15) is 0 Å². The SMILES string of the molecule is Nc1ccc([N+](=O)[O-])c2c1CCCC2=O. The van der Waals surface area contributed by atoms with E-state index in [1.165, 1.54) is 12.1 Å². The highest BCUT2D eigenvalue weighted by atomic mass is 16.6. The molecule has 0 aromatic heterocycles. The van der Waals surface area contributed by atoms with E-state index in [0.29, 0.717) is 24.1 Å². The molecule has 1 aromatic carbocycles. The molecule has 15 heavy (non-hydrogen) atoms. The maximum atomic E-state index is 11.6. The monoisotopic (exact) mass is 206 g/mol. The summed E-state index contributed by atoms with van der Waals surface area (Å²) in [5, 5.41) is 10.7. The van der Waals surface area contributed by atoms with Crippen LogP contribution in [0.5, 0.6) is 0 Å². The Morgan fingerprint density at radius 1 is 1.33 bits per heavy atom. The molecular formula is C10H10N2O3. The fourth-order valence-electron chi connectivity index (χ4n) is 1.93. The molecule has 0 bridgehead atoms. The van der Waals surface area contributed by atoms with Gasteiger partial charge in [0.15, 0.2) is 5.78 Å². The smallest absolute Gasteiger partial charge is 0.280 e. The fourth-order valence-corrected chi connectivity index (χ4v) is 1.93. The molecule has 0 amide bonds. The summed E-state index contributed by atoms with van der Waals surface area (Å²) in [4.78, 5) is 21.8. The number of nitrogen functional groups attached to an aromatic ring is 1. The summed E-state index contributed by atoms with van der Waals surface area (Å²) in [6.07, 6.45) is 1.74. The first-order chi connectivity index (χ1) is 7.11. The van der Waals surface area contributed by atoms with Gasteiger partial charge in [0, 0.05) is 18.2 Å². The van der Waals surface area contributed by atoms with Crippen LogP contribution in [-0.2, 0) is 6.42 Å². The summed E-state index contributed by atoms with van der Waals surface area (Å²) >= 11 is 0. The molecule has 2 N–H and O–H groups in total. The zero-order valence-electron chi connectivity index (χ0n) is 8.03. The number of hydrogen-bond donors (Lipinski definition) is 1. The van der Waals surface area contributed by atoms with Crippen LogP contribution in [0.1, 0.15) is 28.8 Å². The van der Waals surface area contributed by atoms with E-state index in [0.717, 1.165) is 6.42 Å². The third-order valence-corrected chi connectivity index (χ3v) is 2.63. The molecule has 0 saturated carbocycles. The Balaban J connectivity index is 2.70. The molecule has 1 aliphatic rings. The van der Waals surface area contributed by atoms with Crippen molar-refractivity contribution in [3.05, 3.63) is 33.4 Å². The van der Waals surface area contributed by atoms with Crippen molar-refractivity contribution in [1.82, 2.24) is 0 Å². The van der Waals surface area contributed by atoms with Gasteiger partial charge in [-0.3, -0.25) is 14.9 Å². The topological polar surface area (TPSA) is 86.2 Å². The Kier molecular flexibility index (Phi) is 2.15. The lowest BCUT2D eigenvalue weighted by atomic mass is 9.88. The molecule has 0 fully saturated rings. The summed E-state index contributed by atoms with van der Waals surface area (Å²) in [7, 11) is 0. The van der Waals surface area contributed by atoms with E-state index < -0.39 is 4.92 Å². The van der Waals surface area contributed by atoms with Crippen LogP contribution < -0.4 is 5.73 Å². The van der Waals surface area contributed by atoms with Gasteiger partial charge in [-0.25, -0.2) is 0 Å². The van der Waals surface area contributed by atoms with E-state index in [2.05, 4.69) is 0 Å². The highest BCUT2D eigenvalue weighted by Crippen LogP contribution is 2.33. The Morgan fingerprint density at radius 2 is 2.07 bits per heavy atom. The number of nitro benzene ring substituents is 1. The minimum absolute atomic E-state index is 0.121. The highest BCUT2D eigenvalue weighted by Gasteiger charge is 2.28. The number of nitrogens with zero attached hydrogens (tertiary/aromatic N) is 1. The number of ketones is 1. The van der Waals surface area contributed by atoms with Gasteiger partial charge in [-0.15, -0.1) is 0 Å². The molecule has 0 heterocycles. The third-order valence-electron chi connectivity index (χ3n) is 2.63. The third kappa shape index (κ3) is 1.45. The number of Topliss-reactive ketones (excluding diaryl/α,β-unsaturated/α-hetero) is 1. The number of anilines is 1. The normalized spacial score (nSPS) is 14.8. The molecule has 0 spiro atoms. The van der Waals surface area contributed by atoms with Crippen molar-refractivity contribution in [1.29, 1.82) is 0 Å². The number of nitro groups is 1. The molecule has 0 aliphatic heterocycles. The molecule has 1 aliphatic carbocycles. The van der Waals surface area contributed by atoms with Crippen LogP contribution in [0.3, 0.4) is 0 Å². The number of carbonyl (C=O) groups excluding carboxylic acids is 1. The number of fused-ring (bicyclic) bond motifs is 1. The van der Waals surface area contributed by atoms with Gasteiger partial charge in [0.2, 0.25) is 0 Å². The van der Waals surface area contributed by atoms with E-state index in [9.17, 15) is 14.9 Å². The van der Waals surface area contributed by atoms with E-state index in [1.54, 1.807) is 0 Å². The van der Waals surface area contributed by atoms with Crippen molar-refractivity contribution in [3.8, 4) is 0 Å². The first-order valence-corrected chi connectivity index (χ1v) is 4.70. The van der Waals surface area contributed by atoms with Crippen molar-refractivity contribution in [2.24, 2.45) is 0 Å². The number of rotatable bonds is 1. The van der Waals surface area contributed by atoms with E-state index in [1.807, 2.05) is 0 Å². The lowest BCUT2D eigenvalue weighted by Crippen LogP contribution is -2.15. The molecule has 5 heteroatoms. The molecule has 0 atom stereocenters. The Hall–Kier alpha value is -1.91. The standard InChI is InChI=1S/C10H10N2O3/c11-7-4-5-8(12(14)15)10-6(7)2-1-3-9(10)13/h4-5H,1-3,11H2. The number of nitrogens with two attached hydrogens (primary N) is 1. The Labute approximate surface area is 86.0 Å². The van der Waals surface area contributed by atoms with Crippen LogP contribution in [-0.4, -0.2) is 10.7 Å². The first kappa shape index (κ1) is 9.64. The van der Waals surface area contributed by atoms with Crippen molar-refractivity contribution >= 4 is 17.2 Å². The van der Waals surface area contributed by atoms with Gasteiger partial charge in [0.05, 0.1) is 4.92 Å². The Morgan fingerprint density at radius 3 is 2.73 bits per heavy atom. The highest BCUT2D eigenvalue weighted by molar-refractivity contribution is 6.03. The van der Waals surface area contributed by atoms with Crippen LogP contribution in [0, 0.1) is 10.1 Å². The maximum absolute atomic E-state index is 11.6. The second-order valence-corrected chi connectivity index (χ2v) is 3.56. The van der Waals surface area contributed by atoms with Gasteiger partial charge in [0.1, 0.15) is 5.56 Å². The molecular weight excluding hydrogens is 196 g/mol. The van der Waals surface area contributed by atoms with Crippen LogP contribution in [0.15, 0.2) is 12.1 Å². The van der Waals surface area contributed by atoms with E-state index in [4.69, 9.17) is 5.73 Å². The maximum Gasteiger partial charge on any atom is 0.280 e. The van der Waals surface area contributed by atoms with E-state index in [-0.39, 0.29) is 17.0 Å². The summed E-state index contributed by atoms with van der Waals surface area (Å²) in [6.45, 7) is 0. The number of hydrogen-bond acceptors (Lipinski definition) is 4. The predicted molar refractivity (Wildman–Crippen MR) is 54.8 cm³/mol. The molecule has 0 unspecified atom stereocenters. The average Bonchev–Trinajstić information content (AvgIpc) is 2.19. The predicted octanol–water partition coefficient (Wildman–Crippen LogP) is 1.70. The van der Waals surface area contributed by atoms with Crippen LogP contribution >= 0.6 is 0 Å². The zero-order chi connectivity index (χ0) is 11.0. The molecule has 1 aromatic rings. The van der Waals surface area contributed by atoms with Crippen LogP contribution in [0.2, 0.25) is 0 Å². The summed E-state index contributed by atoms with van der Waals surface area (Å²) in [5.41, 5.74) is 6.91. The minimum Gasteiger partial charge on any atom is -0.398 e. The number of carbonyl (C=O) groups is 1. The van der Waals surface area contributed by atoms with Gasteiger partial charge in [-0.05, 0) is 24.5 Å².